The number of urea groups is 1. The molecule has 1 aliphatic heterocycles. The maximum Gasteiger partial charge on any atom is 0.324 e. The van der Waals surface area contributed by atoms with E-state index < -0.39 is 0 Å². The molecule has 0 bridgehead atoms. The average molecular weight is 227 g/mol. The lowest BCUT2D eigenvalue weighted by Gasteiger charge is -2.08. The van der Waals surface area contributed by atoms with Gasteiger partial charge < -0.3 is 10.6 Å². The molecule has 1 fully saturated rings. The molecule has 80 valence electrons. The molecule has 0 atom stereocenters. The van der Waals surface area contributed by atoms with Crippen molar-refractivity contribution in [1.29, 1.82) is 0 Å². The number of hydrogen-bond donors (Lipinski definition) is 2. The van der Waals surface area contributed by atoms with Crippen molar-refractivity contribution in [3.05, 3.63) is 5.01 Å². The van der Waals surface area contributed by atoms with Gasteiger partial charge in [0.2, 0.25) is 11.0 Å². The molecule has 0 unspecified atom stereocenters. The lowest BCUT2D eigenvalue weighted by molar-refractivity contribution is -0.125. The third-order valence-corrected chi connectivity index (χ3v) is 2.84. The molecular formula is C7H9N5O2S. The molecule has 0 radical (unpaired) electrons. The normalized spacial score (nSPS) is 15.7. The van der Waals surface area contributed by atoms with E-state index in [0.717, 1.165) is 4.90 Å². The maximum atomic E-state index is 11.2. The van der Waals surface area contributed by atoms with E-state index in [4.69, 9.17) is 0 Å². The van der Waals surface area contributed by atoms with Crippen LogP contribution in [0.5, 0.6) is 0 Å². The third kappa shape index (κ3) is 1.89. The lowest BCUT2D eigenvalue weighted by Crippen LogP contribution is -2.30. The highest BCUT2D eigenvalue weighted by Gasteiger charge is 2.29. The summed E-state index contributed by atoms with van der Waals surface area (Å²) in [4.78, 5) is 23.6. The highest BCUT2D eigenvalue weighted by atomic mass is 32.1. The van der Waals surface area contributed by atoms with Crippen LogP contribution in [0, 0.1) is 0 Å². The topological polar surface area (TPSA) is 87.2 Å². The quantitative estimate of drug-likeness (QED) is 0.688. The van der Waals surface area contributed by atoms with Gasteiger partial charge >= 0.3 is 6.03 Å². The summed E-state index contributed by atoms with van der Waals surface area (Å²) < 4.78 is 0. The van der Waals surface area contributed by atoms with Gasteiger partial charge in [-0.2, -0.15) is 0 Å². The largest absolute Gasteiger partial charge is 0.363 e. The first kappa shape index (κ1) is 9.84. The summed E-state index contributed by atoms with van der Waals surface area (Å²) >= 11 is 1.32. The summed E-state index contributed by atoms with van der Waals surface area (Å²) in [5, 5.41) is 14.2. The number of aromatic nitrogens is 2. The van der Waals surface area contributed by atoms with E-state index >= 15 is 0 Å². The van der Waals surface area contributed by atoms with Crippen molar-refractivity contribution < 1.29 is 9.59 Å². The average Bonchev–Trinajstić information content (AvgIpc) is 2.80. The van der Waals surface area contributed by atoms with Crippen molar-refractivity contribution in [3.8, 4) is 0 Å². The van der Waals surface area contributed by atoms with Gasteiger partial charge in [-0.1, -0.05) is 11.3 Å². The van der Waals surface area contributed by atoms with Gasteiger partial charge in [-0.3, -0.25) is 9.69 Å². The van der Waals surface area contributed by atoms with Gasteiger partial charge in [0.15, 0.2) is 0 Å². The van der Waals surface area contributed by atoms with E-state index in [2.05, 4.69) is 20.8 Å². The number of amides is 3. The van der Waals surface area contributed by atoms with Crippen LogP contribution in [0.2, 0.25) is 0 Å². The van der Waals surface area contributed by atoms with E-state index in [1.165, 1.54) is 11.3 Å². The second-order valence-electron chi connectivity index (χ2n) is 2.89. The van der Waals surface area contributed by atoms with Crippen molar-refractivity contribution in [2.75, 3.05) is 18.9 Å². The monoisotopic (exact) mass is 227 g/mol. The van der Waals surface area contributed by atoms with Crippen molar-refractivity contribution in [2.45, 2.75) is 6.54 Å². The number of imide groups is 1. The predicted octanol–water partition coefficient (Wildman–Crippen LogP) is -0.368. The Balaban J connectivity index is 2.07. The van der Waals surface area contributed by atoms with Gasteiger partial charge in [0.25, 0.3) is 0 Å². The van der Waals surface area contributed by atoms with Crippen LogP contribution in [0.25, 0.3) is 0 Å². The lowest BCUT2D eigenvalue weighted by atomic mass is 10.5. The smallest absolute Gasteiger partial charge is 0.324 e. The standard InChI is InChI=1S/C7H9N5O2S/c1-8-6-11-10-4(15-6)3-12-5(13)2-9-7(12)14/h2-3H2,1H3,(H,8,11)(H,9,14). The van der Waals surface area contributed by atoms with Gasteiger partial charge in [0.05, 0.1) is 13.1 Å². The van der Waals surface area contributed by atoms with Crippen LogP contribution < -0.4 is 10.6 Å². The van der Waals surface area contributed by atoms with Crippen LogP contribution in [0.15, 0.2) is 0 Å². The molecule has 0 saturated carbocycles. The van der Waals surface area contributed by atoms with Crippen LogP contribution in [0.1, 0.15) is 5.01 Å². The van der Waals surface area contributed by atoms with Gasteiger partial charge in [-0.25, -0.2) is 4.79 Å². The Morgan fingerprint density at radius 2 is 2.33 bits per heavy atom. The summed E-state index contributed by atoms with van der Waals surface area (Å²) in [6.45, 7) is 0.251. The number of hydrogen-bond acceptors (Lipinski definition) is 6. The summed E-state index contributed by atoms with van der Waals surface area (Å²) in [5.74, 6) is -0.235. The van der Waals surface area contributed by atoms with Gasteiger partial charge in [0, 0.05) is 7.05 Å². The fourth-order valence-electron chi connectivity index (χ4n) is 1.17. The molecule has 2 rings (SSSR count). The number of carbonyl (C=O) groups is 2. The molecule has 2 heterocycles. The number of carbonyl (C=O) groups excluding carboxylic acids is 2. The Bertz CT molecular complexity index is 388. The van der Waals surface area contributed by atoms with Crippen molar-refractivity contribution in [3.63, 3.8) is 0 Å². The molecule has 2 N–H and O–H groups in total. The first-order valence-corrected chi connectivity index (χ1v) is 5.10. The highest BCUT2D eigenvalue weighted by molar-refractivity contribution is 7.15. The van der Waals surface area contributed by atoms with E-state index in [1.54, 1.807) is 7.05 Å². The second-order valence-corrected chi connectivity index (χ2v) is 3.95. The SMILES string of the molecule is CNc1nnc(CN2C(=O)CNC2=O)s1. The second kappa shape index (κ2) is 3.81. The Labute approximate surface area is 89.5 Å². The molecule has 1 aromatic heterocycles. The summed E-state index contributed by atoms with van der Waals surface area (Å²) in [7, 11) is 1.73. The van der Waals surface area contributed by atoms with Crippen LogP contribution >= 0.6 is 11.3 Å². The van der Waals surface area contributed by atoms with Crippen LogP contribution in [0.3, 0.4) is 0 Å². The number of rotatable bonds is 3. The first-order chi connectivity index (χ1) is 7.20. The summed E-state index contributed by atoms with van der Waals surface area (Å²) in [5.41, 5.74) is 0. The Morgan fingerprint density at radius 3 is 2.87 bits per heavy atom. The molecular weight excluding hydrogens is 218 g/mol. The molecule has 0 aromatic carbocycles. The Morgan fingerprint density at radius 1 is 1.53 bits per heavy atom. The molecule has 7 nitrogen and oxygen atoms in total. The van der Waals surface area contributed by atoms with Crippen LogP contribution in [-0.4, -0.2) is 40.6 Å². The minimum Gasteiger partial charge on any atom is -0.363 e. The molecule has 8 heteroatoms. The van der Waals surface area contributed by atoms with E-state index in [0.29, 0.717) is 10.1 Å². The van der Waals surface area contributed by atoms with Crippen molar-refractivity contribution in [1.82, 2.24) is 20.4 Å². The maximum absolute atomic E-state index is 11.2. The predicted molar refractivity (Wildman–Crippen MR) is 53.4 cm³/mol. The van der Waals surface area contributed by atoms with Crippen molar-refractivity contribution in [2.24, 2.45) is 0 Å². The molecule has 0 spiro atoms. The van der Waals surface area contributed by atoms with E-state index in [9.17, 15) is 9.59 Å². The molecule has 1 aliphatic rings. The fraction of sp³-hybridized carbons (Fsp3) is 0.429. The summed E-state index contributed by atoms with van der Waals surface area (Å²) in [6, 6.07) is -0.374. The minimum absolute atomic E-state index is 0.0660. The number of anilines is 1. The van der Waals surface area contributed by atoms with Crippen LogP contribution in [0.4, 0.5) is 9.93 Å². The molecule has 1 saturated heterocycles. The Kier molecular flexibility index (Phi) is 2.50. The molecule has 1 aromatic rings. The molecule has 0 aliphatic carbocycles. The summed E-state index contributed by atoms with van der Waals surface area (Å²) in [6.07, 6.45) is 0. The number of nitrogens with zero attached hydrogens (tertiary/aromatic N) is 3. The zero-order valence-electron chi connectivity index (χ0n) is 7.98. The minimum atomic E-state index is -0.374. The zero-order valence-corrected chi connectivity index (χ0v) is 8.80. The molecule has 3 amide bonds. The first-order valence-electron chi connectivity index (χ1n) is 4.29. The van der Waals surface area contributed by atoms with Crippen LogP contribution in [-0.2, 0) is 11.3 Å². The van der Waals surface area contributed by atoms with Gasteiger partial charge in [-0.15, -0.1) is 10.2 Å². The highest BCUT2D eigenvalue weighted by Crippen LogP contribution is 2.17. The van der Waals surface area contributed by atoms with Crippen molar-refractivity contribution >= 4 is 28.4 Å². The third-order valence-electron chi connectivity index (χ3n) is 1.91. The van der Waals surface area contributed by atoms with Gasteiger partial charge in [-0.05, 0) is 0 Å². The molecule has 15 heavy (non-hydrogen) atoms. The van der Waals surface area contributed by atoms with E-state index in [1.807, 2.05) is 0 Å². The fourth-order valence-corrected chi connectivity index (χ4v) is 1.85. The zero-order chi connectivity index (χ0) is 10.8. The number of nitrogens with one attached hydrogen (secondary N) is 2. The Hall–Kier alpha value is -1.70. The van der Waals surface area contributed by atoms with Gasteiger partial charge in [0.1, 0.15) is 5.01 Å². The van der Waals surface area contributed by atoms with E-state index in [-0.39, 0.29) is 25.0 Å².